The Bertz CT molecular complexity index is 1200. The van der Waals surface area contributed by atoms with Crippen molar-refractivity contribution >= 4 is 22.9 Å². The molecule has 6 rings (SSSR count). The number of nitrogens with zero attached hydrogens (tertiary/aromatic N) is 7. The molecule has 5 heterocycles. The molecule has 3 fully saturated rings. The van der Waals surface area contributed by atoms with E-state index in [-0.39, 0.29) is 12.1 Å². The van der Waals surface area contributed by atoms with Crippen LogP contribution in [0.4, 0.5) is 16.2 Å². The van der Waals surface area contributed by atoms with E-state index in [9.17, 15) is 9.90 Å². The van der Waals surface area contributed by atoms with E-state index in [1.807, 2.05) is 15.6 Å². The highest BCUT2D eigenvalue weighted by atomic mass is 16.3. The van der Waals surface area contributed by atoms with Gasteiger partial charge in [-0.3, -0.25) is 0 Å². The van der Waals surface area contributed by atoms with Crippen LogP contribution in [0.15, 0.2) is 48.8 Å². The Morgan fingerprint density at radius 1 is 0.889 bits per heavy atom. The average molecular weight is 490 g/mol. The number of β-amino-alcohol motifs (C(OH)–C–C–N with tert-alkyl or cyclic N) is 1. The molecular weight excluding hydrogens is 454 g/mol. The summed E-state index contributed by atoms with van der Waals surface area (Å²) in [6.45, 7) is 11.6. The maximum absolute atomic E-state index is 12.6. The number of likely N-dealkylation sites (N-methyl/N-ethyl adjacent to an activating group) is 1. The fourth-order valence-corrected chi connectivity index (χ4v) is 5.56. The molecule has 9 nitrogen and oxygen atoms in total. The first-order valence-corrected chi connectivity index (χ1v) is 13.1. The van der Waals surface area contributed by atoms with Crippen LogP contribution >= 0.6 is 0 Å². The van der Waals surface area contributed by atoms with E-state index in [1.54, 1.807) is 4.90 Å². The second kappa shape index (κ2) is 9.63. The van der Waals surface area contributed by atoms with Gasteiger partial charge in [-0.25, -0.2) is 9.31 Å². The Labute approximate surface area is 212 Å². The lowest BCUT2D eigenvalue weighted by Gasteiger charge is -2.42. The molecular formula is C27H35N7O2. The summed E-state index contributed by atoms with van der Waals surface area (Å²) in [7, 11) is 0. The van der Waals surface area contributed by atoms with Crippen LogP contribution in [-0.4, -0.2) is 114 Å². The summed E-state index contributed by atoms with van der Waals surface area (Å²) in [4.78, 5) is 23.5. The lowest BCUT2D eigenvalue weighted by atomic mass is 10.1. The minimum absolute atomic E-state index is 0.0421. The summed E-state index contributed by atoms with van der Waals surface area (Å²) < 4.78 is 1.96. The van der Waals surface area contributed by atoms with E-state index in [0.29, 0.717) is 26.2 Å². The molecule has 190 valence electrons. The van der Waals surface area contributed by atoms with Gasteiger partial charge in [-0.2, -0.15) is 5.10 Å². The number of likely N-dealkylation sites (tertiary alicyclic amines) is 1. The summed E-state index contributed by atoms with van der Waals surface area (Å²) in [5.74, 6) is 0. The zero-order valence-corrected chi connectivity index (χ0v) is 21.0. The van der Waals surface area contributed by atoms with Crippen molar-refractivity contribution in [1.29, 1.82) is 0 Å². The van der Waals surface area contributed by atoms with Crippen molar-refractivity contribution in [3.05, 3.63) is 48.8 Å². The van der Waals surface area contributed by atoms with Gasteiger partial charge in [0, 0.05) is 76.0 Å². The molecule has 3 aliphatic heterocycles. The molecule has 36 heavy (non-hydrogen) atoms. The van der Waals surface area contributed by atoms with Gasteiger partial charge < -0.3 is 29.6 Å². The minimum Gasteiger partial charge on any atom is -0.389 e. The van der Waals surface area contributed by atoms with Gasteiger partial charge in [0.15, 0.2) is 0 Å². The van der Waals surface area contributed by atoms with Crippen LogP contribution in [0.2, 0.25) is 0 Å². The number of piperazine rings is 2. The highest BCUT2D eigenvalue weighted by Crippen LogP contribution is 2.30. The van der Waals surface area contributed by atoms with Crippen LogP contribution < -0.4 is 9.80 Å². The van der Waals surface area contributed by atoms with E-state index in [1.165, 1.54) is 11.3 Å². The molecule has 0 spiro atoms. The number of anilines is 2. The molecule has 2 amide bonds. The van der Waals surface area contributed by atoms with Crippen molar-refractivity contribution in [1.82, 2.24) is 24.3 Å². The standard InChI is InChI=1S/C27H35N7O2/c1-2-29-9-11-30(12-10-29)23-5-3-21(4-6-23)22-17-26-25(7-8-28-34(26)18-22)31-13-15-32(16-14-31)27(36)33-19-24(35)20-33/h3-8,17-18,24,35H,2,9-16,19-20H2,1H3. The second-order valence-electron chi connectivity index (χ2n) is 10.1. The van der Waals surface area contributed by atoms with Crippen molar-refractivity contribution < 1.29 is 9.90 Å². The van der Waals surface area contributed by atoms with Crippen LogP contribution in [0.3, 0.4) is 0 Å². The molecule has 2 aromatic heterocycles. The Morgan fingerprint density at radius 2 is 1.58 bits per heavy atom. The number of urea groups is 1. The predicted molar refractivity (Wildman–Crippen MR) is 142 cm³/mol. The molecule has 0 saturated carbocycles. The fourth-order valence-electron chi connectivity index (χ4n) is 5.56. The fraction of sp³-hybridized carbons (Fsp3) is 0.481. The number of hydrogen-bond acceptors (Lipinski definition) is 6. The quantitative estimate of drug-likeness (QED) is 0.605. The number of aromatic nitrogens is 2. The first-order chi connectivity index (χ1) is 17.6. The van der Waals surface area contributed by atoms with Gasteiger partial charge in [0.1, 0.15) is 0 Å². The van der Waals surface area contributed by atoms with Crippen LogP contribution in [0, 0.1) is 0 Å². The van der Waals surface area contributed by atoms with Crippen LogP contribution in [0.5, 0.6) is 0 Å². The Hall–Kier alpha value is -3.30. The molecule has 0 unspecified atom stereocenters. The van der Waals surface area contributed by atoms with Crippen LogP contribution in [-0.2, 0) is 0 Å². The number of carbonyl (C=O) groups excluding carboxylic acids is 1. The maximum Gasteiger partial charge on any atom is 0.320 e. The molecule has 0 atom stereocenters. The van der Waals surface area contributed by atoms with E-state index in [2.05, 4.69) is 69.3 Å². The highest BCUT2D eigenvalue weighted by molar-refractivity contribution is 5.81. The molecule has 0 radical (unpaired) electrons. The Balaban J connectivity index is 1.15. The first kappa shape index (κ1) is 23.1. The molecule has 3 aliphatic rings. The summed E-state index contributed by atoms with van der Waals surface area (Å²) in [5, 5.41) is 14.1. The molecule has 3 saturated heterocycles. The monoisotopic (exact) mass is 489 g/mol. The van der Waals surface area contributed by atoms with Crippen molar-refractivity contribution in [3.8, 4) is 11.1 Å². The lowest BCUT2D eigenvalue weighted by Crippen LogP contribution is -2.60. The number of aliphatic hydroxyl groups is 1. The van der Waals surface area contributed by atoms with Gasteiger partial charge in [-0.15, -0.1) is 0 Å². The third-order valence-corrected chi connectivity index (χ3v) is 7.90. The Morgan fingerprint density at radius 3 is 2.25 bits per heavy atom. The number of aliphatic hydroxyl groups excluding tert-OH is 1. The summed E-state index contributed by atoms with van der Waals surface area (Å²) in [5.41, 5.74) is 5.86. The molecule has 1 N–H and O–H groups in total. The summed E-state index contributed by atoms with van der Waals surface area (Å²) in [6.07, 6.45) is 3.59. The van der Waals surface area contributed by atoms with Crippen molar-refractivity contribution in [2.75, 3.05) is 81.8 Å². The normalized spacial score (nSPS) is 19.7. The number of rotatable bonds is 4. The molecule has 1 aromatic carbocycles. The topological polar surface area (TPSA) is 70.8 Å². The number of benzene rings is 1. The minimum atomic E-state index is -0.364. The molecule has 9 heteroatoms. The van der Waals surface area contributed by atoms with Crippen molar-refractivity contribution in [3.63, 3.8) is 0 Å². The van der Waals surface area contributed by atoms with Gasteiger partial charge in [-0.1, -0.05) is 19.1 Å². The van der Waals surface area contributed by atoms with E-state index in [4.69, 9.17) is 0 Å². The largest absolute Gasteiger partial charge is 0.389 e. The van der Waals surface area contributed by atoms with Gasteiger partial charge >= 0.3 is 6.03 Å². The first-order valence-electron chi connectivity index (χ1n) is 13.1. The zero-order chi connectivity index (χ0) is 24.6. The predicted octanol–water partition coefficient (Wildman–Crippen LogP) is 2.06. The zero-order valence-electron chi connectivity index (χ0n) is 21.0. The lowest BCUT2D eigenvalue weighted by molar-refractivity contribution is 0.0145. The average Bonchev–Trinajstić information content (AvgIpc) is 3.36. The van der Waals surface area contributed by atoms with Crippen molar-refractivity contribution in [2.24, 2.45) is 0 Å². The smallest absolute Gasteiger partial charge is 0.320 e. The van der Waals surface area contributed by atoms with Gasteiger partial charge in [0.25, 0.3) is 0 Å². The summed E-state index contributed by atoms with van der Waals surface area (Å²) >= 11 is 0. The number of hydrogen-bond donors (Lipinski definition) is 1. The van der Waals surface area contributed by atoms with Gasteiger partial charge in [0.2, 0.25) is 0 Å². The highest BCUT2D eigenvalue weighted by Gasteiger charge is 2.33. The van der Waals surface area contributed by atoms with Gasteiger partial charge in [-0.05, 0) is 36.4 Å². The summed E-state index contributed by atoms with van der Waals surface area (Å²) in [6, 6.07) is 13.2. The maximum atomic E-state index is 12.6. The SMILES string of the molecule is CCN1CCN(c2ccc(-c3cc4c(N5CCN(C(=O)N6CC(O)C6)CC5)ccnn4c3)cc2)CC1. The number of amides is 2. The molecule has 0 aliphatic carbocycles. The van der Waals surface area contributed by atoms with E-state index in [0.717, 1.165) is 62.6 Å². The second-order valence-corrected chi connectivity index (χ2v) is 10.1. The van der Waals surface area contributed by atoms with Crippen molar-refractivity contribution in [2.45, 2.75) is 13.0 Å². The van der Waals surface area contributed by atoms with E-state index >= 15 is 0 Å². The molecule has 3 aromatic rings. The van der Waals surface area contributed by atoms with Crippen LogP contribution in [0.25, 0.3) is 16.6 Å². The number of fused-ring (bicyclic) bond motifs is 1. The van der Waals surface area contributed by atoms with E-state index < -0.39 is 0 Å². The third-order valence-electron chi connectivity index (χ3n) is 7.90. The number of carbonyl (C=O) groups is 1. The molecule has 0 bridgehead atoms. The Kier molecular flexibility index (Phi) is 6.18. The van der Waals surface area contributed by atoms with Crippen LogP contribution in [0.1, 0.15) is 6.92 Å². The third kappa shape index (κ3) is 4.37. The van der Waals surface area contributed by atoms with Gasteiger partial charge in [0.05, 0.1) is 30.4 Å².